The topological polar surface area (TPSA) is 84.5 Å². The van der Waals surface area contributed by atoms with Gasteiger partial charge in [0, 0.05) is 0 Å². The lowest BCUT2D eigenvalue weighted by Gasteiger charge is -2.10. The fourth-order valence-electron chi connectivity index (χ4n) is 2.04. The number of amides is 1. The molecule has 0 fully saturated rings. The summed E-state index contributed by atoms with van der Waals surface area (Å²) in [4.78, 5) is 12.1. The highest BCUT2D eigenvalue weighted by Gasteiger charge is 2.11. The molecule has 2 rings (SSSR count). The molecule has 0 saturated heterocycles. The first-order chi connectivity index (χ1) is 11.7. The summed E-state index contributed by atoms with van der Waals surface area (Å²) in [5, 5.41) is 11.9. The van der Waals surface area contributed by atoms with E-state index in [1.165, 1.54) is 12.3 Å². The van der Waals surface area contributed by atoms with E-state index >= 15 is 0 Å². The number of furan rings is 1. The normalized spacial score (nSPS) is 10.8. The average molecular weight is 326 g/mol. The van der Waals surface area contributed by atoms with Gasteiger partial charge in [0.1, 0.15) is 17.4 Å². The van der Waals surface area contributed by atoms with Gasteiger partial charge < -0.3 is 19.2 Å². The molecule has 124 valence electrons. The van der Waals surface area contributed by atoms with Crippen molar-refractivity contribution in [3.05, 3.63) is 53.5 Å². The third-order valence-electron chi connectivity index (χ3n) is 3.17. The molecule has 0 aliphatic carbocycles. The van der Waals surface area contributed by atoms with Crippen LogP contribution in [0.4, 0.5) is 0 Å². The number of rotatable bonds is 7. The Morgan fingerprint density at radius 1 is 1.38 bits per heavy atom. The molecule has 2 aromatic rings. The van der Waals surface area contributed by atoms with Crippen molar-refractivity contribution in [1.29, 1.82) is 5.26 Å². The van der Waals surface area contributed by atoms with Crippen molar-refractivity contribution in [2.45, 2.75) is 13.5 Å². The highest BCUT2D eigenvalue weighted by molar-refractivity contribution is 6.01. The van der Waals surface area contributed by atoms with Gasteiger partial charge in [-0.25, -0.2) is 0 Å². The maximum atomic E-state index is 12.1. The van der Waals surface area contributed by atoms with Crippen molar-refractivity contribution in [2.75, 3.05) is 13.7 Å². The number of nitrogens with one attached hydrogen (secondary N) is 1. The molecule has 24 heavy (non-hydrogen) atoms. The molecule has 0 aliphatic heterocycles. The van der Waals surface area contributed by atoms with Gasteiger partial charge in [-0.15, -0.1) is 0 Å². The van der Waals surface area contributed by atoms with Crippen molar-refractivity contribution in [3.63, 3.8) is 0 Å². The van der Waals surface area contributed by atoms with Crippen LogP contribution in [-0.4, -0.2) is 19.6 Å². The van der Waals surface area contributed by atoms with Crippen molar-refractivity contribution in [1.82, 2.24) is 5.32 Å². The molecular formula is C18H18N2O4. The Morgan fingerprint density at radius 2 is 2.21 bits per heavy atom. The van der Waals surface area contributed by atoms with Crippen molar-refractivity contribution < 1.29 is 18.7 Å². The maximum Gasteiger partial charge on any atom is 0.262 e. The van der Waals surface area contributed by atoms with Gasteiger partial charge in [-0.1, -0.05) is 6.07 Å². The number of benzene rings is 1. The minimum Gasteiger partial charge on any atom is -0.493 e. The maximum absolute atomic E-state index is 12.1. The van der Waals surface area contributed by atoms with Gasteiger partial charge in [-0.2, -0.15) is 5.26 Å². The minimum absolute atomic E-state index is 0.00540. The van der Waals surface area contributed by atoms with E-state index < -0.39 is 5.91 Å². The molecule has 0 atom stereocenters. The number of nitriles is 1. The lowest BCUT2D eigenvalue weighted by Crippen LogP contribution is -2.23. The van der Waals surface area contributed by atoms with Crippen LogP contribution in [0.3, 0.4) is 0 Å². The van der Waals surface area contributed by atoms with Crippen LogP contribution in [0.25, 0.3) is 6.08 Å². The Morgan fingerprint density at radius 3 is 2.83 bits per heavy atom. The highest BCUT2D eigenvalue weighted by atomic mass is 16.5. The van der Waals surface area contributed by atoms with Crippen LogP contribution in [0.5, 0.6) is 11.5 Å². The summed E-state index contributed by atoms with van der Waals surface area (Å²) in [5.41, 5.74) is 0.665. The van der Waals surface area contributed by atoms with Crippen molar-refractivity contribution in [2.24, 2.45) is 0 Å². The molecule has 6 heteroatoms. The Kier molecular flexibility index (Phi) is 6.03. The van der Waals surface area contributed by atoms with Crippen LogP contribution in [0.15, 0.2) is 46.6 Å². The van der Waals surface area contributed by atoms with E-state index in [9.17, 15) is 10.1 Å². The number of hydrogen-bond donors (Lipinski definition) is 1. The first-order valence-corrected chi connectivity index (χ1v) is 7.41. The fraction of sp³-hybridized carbons (Fsp3) is 0.222. The standard InChI is InChI=1S/C18H18N2O4/c1-3-23-17-10-13(6-7-16(17)22-2)9-14(11-19)18(21)20-12-15-5-4-8-24-15/h4-10H,3,12H2,1-2H3,(H,20,21). The average Bonchev–Trinajstić information content (AvgIpc) is 3.11. The first kappa shape index (κ1) is 17.2. The number of ether oxygens (including phenoxy) is 2. The molecule has 1 aromatic carbocycles. The second-order valence-electron chi connectivity index (χ2n) is 4.78. The quantitative estimate of drug-likeness (QED) is 0.624. The zero-order valence-corrected chi connectivity index (χ0v) is 13.5. The van der Waals surface area contributed by atoms with Crippen LogP contribution < -0.4 is 14.8 Å². The number of carbonyl (C=O) groups is 1. The zero-order chi connectivity index (χ0) is 17.4. The summed E-state index contributed by atoms with van der Waals surface area (Å²) in [7, 11) is 1.55. The molecule has 0 spiro atoms. The highest BCUT2D eigenvalue weighted by Crippen LogP contribution is 2.28. The molecule has 0 radical (unpaired) electrons. The fourth-order valence-corrected chi connectivity index (χ4v) is 2.04. The largest absolute Gasteiger partial charge is 0.493 e. The van der Waals surface area contributed by atoms with E-state index in [1.807, 2.05) is 13.0 Å². The molecule has 1 N–H and O–H groups in total. The number of carbonyl (C=O) groups excluding carboxylic acids is 1. The SMILES string of the molecule is CCOc1cc(C=C(C#N)C(=O)NCc2ccco2)ccc1OC. The summed E-state index contributed by atoms with van der Waals surface area (Å²) in [6.45, 7) is 2.57. The zero-order valence-electron chi connectivity index (χ0n) is 13.5. The van der Waals surface area contributed by atoms with Crippen LogP contribution >= 0.6 is 0 Å². The van der Waals surface area contributed by atoms with Gasteiger partial charge in [0.25, 0.3) is 5.91 Å². The third kappa shape index (κ3) is 4.40. The van der Waals surface area contributed by atoms with Crippen LogP contribution in [-0.2, 0) is 11.3 Å². The summed E-state index contributed by atoms with van der Waals surface area (Å²) in [5.74, 6) is 1.29. The lowest BCUT2D eigenvalue weighted by atomic mass is 10.1. The van der Waals surface area contributed by atoms with E-state index in [2.05, 4.69) is 5.32 Å². The molecule has 1 aromatic heterocycles. The van der Waals surface area contributed by atoms with E-state index in [1.54, 1.807) is 37.4 Å². The molecule has 1 heterocycles. The van der Waals surface area contributed by atoms with E-state index in [-0.39, 0.29) is 12.1 Å². The molecule has 0 bridgehead atoms. The Labute approximate surface area is 140 Å². The van der Waals surface area contributed by atoms with Gasteiger partial charge in [0.15, 0.2) is 11.5 Å². The first-order valence-electron chi connectivity index (χ1n) is 7.41. The van der Waals surface area contributed by atoms with Gasteiger partial charge in [0.2, 0.25) is 0 Å². The van der Waals surface area contributed by atoms with Gasteiger partial charge >= 0.3 is 0 Å². The van der Waals surface area contributed by atoms with E-state index in [0.717, 1.165) is 0 Å². The van der Waals surface area contributed by atoms with Gasteiger partial charge in [-0.05, 0) is 42.8 Å². The minimum atomic E-state index is -0.470. The predicted molar refractivity (Wildman–Crippen MR) is 88.3 cm³/mol. The molecular weight excluding hydrogens is 308 g/mol. The van der Waals surface area contributed by atoms with Crippen LogP contribution in [0.1, 0.15) is 18.2 Å². The molecule has 0 saturated carbocycles. The number of hydrogen-bond acceptors (Lipinski definition) is 5. The van der Waals surface area contributed by atoms with Gasteiger partial charge in [0.05, 0.1) is 26.5 Å². The predicted octanol–water partition coefficient (Wildman–Crippen LogP) is 2.91. The van der Waals surface area contributed by atoms with E-state index in [0.29, 0.717) is 29.4 Å². The number of nitrogens with zero attached hydrogens (tertiary/aromatic N) is 1. The molecule has 0 unspecified atom stereocenters. The van der Waals surface area contributed by atoms with Crippen LogP contribution in [0.2, 0.25) is 0 Å². The van der Waals surface area contributed by atoms with Crippen LogP contribution in [0, 0.1) is 11.3 Å². The lowest BCUT2D eigenvalue weighted by molar-refractivity contribution is -0.117. The Bertz CT molecular complexity index is 758. The molecule has 0 aliphatic rings. The van der Waals surface area contributed by atoms with Crippen molar-refractivity contribution in [3.8, 4) is 17.6 Å². The van der Waals surface area contributed by atoms with Crippen molar-refractivity contribution >= 4 is 12.0 Å². The van der Waals surface area contributed by atoms with Gasteiger partial charge in [-0.3, -0.25) is 4.79 Å². The second kappa shape index (κ2) is 8.44. The Hall–Kier alpha value is -3.20. The van der Waals surface area contributed by atoms with E-state index in [4.69, 9.17) is 13.9 Å². The summed E-state index contributed by atoms with van der Waals surface area (Å²) >= 11 is 0. The Balaban J connectivity index is 2.15. The monoisotopic (exact) mass is 326 g/mol. The summed E-state index contributed by atoms with van der Waals surface area (Å²) in [6, 6.07) is 10.6. The smallest absolute Gasteiger partial charge is 0.262 e. The summed E-state index contributed by atoms with van der Waals surface area (Å²) in [6.07, 6.45) is 3.02. The molecule has 6 nitrogen and oxygen atoms in total. The third-order valence-corrected chi connectivity index (χ3v) is 3.17. The number of methoxy groups -OCH3 is 1. The molecule has 1 amide bonds. The second-order valence-corrected chi connectivity index (χ2v) is 4.78. The summed E-state index contributed by atoms with van der Waals surface area (Å²) < 4.78 is 15.8.